The number of likely N-dealkylation sites (tertiary alicyclic amines) is 1. The van der Waals surface area contributed by atoms with Crippen molar-refractivity contribution in [2.24, 2.45) is 5.92 Å². The van der Waals surface area contributed by atoms with E-state index in [9.17, 15) is 4.39 Å². The molecular weight excluding hydrogens is 257 g/mol. The zero-order valence-corrected chi connectivity index (χ0v) is 11.5. The quantitative estimate of drug-likeness (QED) is 0.820. The molecule has 2 N–H and O–H groups in total. The van der Waals surface area contributed by atoms with E-state index in [0.29, 0.717) is 11.5 Å². The predicted molar refractivity (Wildman–Crippen MR) is 75.5 cm³/mol. The standard InChI is InChI=1S/C16H20FNO2/c17-16-4-3-15(14(10-16)2-1-9-19)11-18-7-5-13(12-20)6-8-18/h3-4,10,13,19-20H,5-9,11-12H2. The van der Waals surface area contributed by atoms with Gasteiger partial charge in [-0.2, -0.15) is 0 Å². The smallest absolute Gasteiger partial charge is 0.124 e. The molecule has 3 nitrogen and oxygen atoms in total. The van der Waals surface area contributed by atoms with E-state index >= 15 is 0 Å². The van der Waals surface area contributed by atoms with Gasteiger partial charge < -0.3 is 10.2 Å². The number of nitrogens with zero attached hydrogens (tertiary/aromatic N) is 1. The molecule has 108 valence electrons. The molecule has 0 radical (unpaired) electrons. The Morgan fingerprint density at radius 2 is 2.00 bits per heavy atom. The van der Waals surface area contributed by atoms with Crippen LogP contribution >= 0.6 is 0 Å². The normalized spacial score (nSPS) is 16.8. The second kappa shape index (κ2) is 7.39. The first kappa shape index (κ1) is 15.0. The lowest BCUT2D eigenvalue weighted by Crippen LogP contribution is -2.34. The van der Waals surface area contributed by atoms with Gasteiger partial charge in [-0.3, -0.25) is 4.90 Å². The maximum Gasteiger partial charge on any atom is 0.124 e. The van der Waals surface area contributed by atoms with E-state index in [-0.39, 0.29) is 19.0 Å². The fourth-order valence-electron chi connectivity index (χ4n) is 2.51. The Balaban J connectivity index is 2.05. The highest BCUT2D eigenvalue weighted by atomic mass is 19.1. The minimum Gasteiger partial charge on any atom is -0.396 e. The monoisotopic (exact) mass is 277 g/mol. The number of aliphatic hydroxyl groups excluding tert-OH is 2. The first-order valence-corrected chi connectivity index (χ1v) is 6.94. The number of aliphatic hydroxyl groups is 2. The molecule has 1 heterocycles. The Labute approximate surface area is 119 Å². The Kier molecular flexibility index (Phi) is 5.54. The number of benzene rings is 1. The van der Waals surface area contributed by atoms with Gasteiger partial charge in [0.2, 0.25) is 0 Å². The molecule has 0 amide bonds. The lowest BCUT2D eigenvalue weighted by atomic mass is 9.97. The summed E-state index contributed by atoms with van der Waals surface area (Å²) in [6, 6.07) is 4.62. The molecule has 0 unspecified atom stereocenters. The number of piperidine rings is 1. The lowest BCUT2D eigenvalue weighted by Gasteiger charge is -2.31. The van der Waals surface area contributed by atoms with Crippen molar-refractivity contribution in [2.75, 3.05) is 26.3 Å². The summed E-state index contributed by atoms with van der Waals surface area (Å²) in [6.07, 6.45) is 1.99. The zero-order valence-electron chi connectivity index (χ0n) is 11.5. The second-order valence-corrected chi connectivity index (χ2v) is 5.16. The van der Waals surface area contributed by atoms with Gasteiger partial charge in [0.25, 0.3) is 0 Å². The minimum absolute atomic E-state index is 0.224. The van der Waals surface area contributed by atoms with Crippen LogP contribution in [0.5, 0.6) is 0 Å². The van der Waals surface area contributed by atoms with Crippen molar-refractivity contribution in [3.8, 4) is 11.8 Å². The third-order valence-corrected chi connectivity index (χ3v) is 3.73. The van der Waals surface area contributed by atoms with Crippen LogP contribution in [-0.2, 0) is 6.54 Å². The summed E-state index contributed by atoms with van der Waals surface area (Å²) in [6.45, 7) is 2.65. The molecule has 0 spiro atoms. The minimum atomic E-state index is -0.310. The van der Waals surface area contributed by atoms with Crippen LogP contribution in [0.2, 0.25) is 0 Å². The number of hydrogen-bond acceptors (Lipinski definition) is 3. The molecule has 0 aliphatic carbocycles. The highest BCUT2D eigenvalue weighted by Gasteiger charge is 2.19. The molecule has 20 heavy (non-hydrogen) atoms. The van der Waals surface area contributed by atoms with E-state index in [4.69, 9.17) is 10.2 Å². The molecular formula is C16H20FNO2. The Morgan fingerprint density at radius 3 is 2.65 bits per heavy atom. The fraction of sp³-hybridized carbons (Fsp3) is 0.500. The largest absolute Gasteiger partial charge is 0.396 e. The highest BCUT2D eigenvalue weighted by Crippen LogP contribution is 2.20. The SMILES string of the molecule is OCC#Cc1cc(F)ccc1CN1CCC(CO)CC1. The molecule has 4 heteroatoms. The average Bonchev–Trinajstić information content (AvgIpc) is 2.48. The highest BCUT2D eigenvalue weighted by molar-refractivity contribution is 5.41. The van der Waals surface area contributed by atoms with Gasteiger partial charge in [-0.25, -0.2) is 4.39 Å². The summed E-state index contributed by atoms with van der Waals surface area (Å²) in [4.78, 5) is 2.30. The van der Waals surface area contributed by atoms with E-state index in [1.54, 1.807) is 6.07 Å². The first-order valence-electron chi connectivity index (χ1n) is 6.94. The molecule has 0 atom stereocenters. The fourth-order valence-corrected chi connectivity index (χ4v) is 2.51. The number of hydrogen-bond donors (Lipinski definition) is 2. The molecule has 1 aromatic rings. The van der Waals surface area contributed by atoms with Gasteiger partial charge in [0.1, 0.15) is 12.4 Å². The van der Waals surface area contributed by atoms with E-state index < -0.39 is 0 Å². The van der Waals surface area contributed by atoms with Gasteiger partial charge in [0.15, 0.2) is 0 Å². The van der Waals surface area contributed by atoms with Gasteiger partial charge in [-0.15, -0.1) is 0 Å². The van der Waals surface area contributed by atoms with Gasteiger partial charge in [-0.05, 0) is 49.5 Å². The summed E-state index contributed by atoms with van der Waals surface area (Å²) < 4.78 is 13.3. The molecule has 0 bridgehead atoms. The van der Waals surface area contributed by atoms with Crippen molar-refractivity contribution in [3.63, 3.8) is 0 Å². The van der Waals surface area contributed by atoms with Crippen LogP contribution < -0.4 is 0 Å². The maximum absolute atomic E-state index is 13.3. The molecule has 1 aromatic carbocycles. The van der Waals surface area contributed by atoms with Gasteiger partial charge >= 0.3 is 0 Å². The maximum atomic E-state index is 13.3. The Bertz CT molecular complexity index is 499. The van der Waals surface area contributed by atoms with E-state index in [2.05, 4.69) is 16.7 Å². The van der Waals surface area contributed by atoms with Crippen LogP contribution in [0, 0.1) is 23.6 Å². The summed E-state index contributed by atoms with van der Waals surface area (Å²) in [5.74, 6) is 5.48. The lowest BCUT2D eigenvalue weighted by molar-refractivity contribution is 0.127. The molecule has 1 fully saturated rings. The van der Waals surface area contributed by atoms with Crippen LogP contribution in [0.1, 0.15) is 24.0 Å². The van der Waals surface area contributed by atoms with Crippen LogP contribution in [0.25, 0.3) is 0 Å². The Hall–Kier alpha value is -1.41. The third-order valence-electron chi connectivity index (χ3n) is 3.73. The first-order chi connectivity index (χ1) is 9.72. The van der Waals surface area contributed by atoms with E-state index in [1.165, 1.54) is 12.1 Å². The van der Waals surface area contributed by atoms with Crippen molar-refractivity contribution in [1.82, 2.24) is 4.90 Å². The molecule has 0 saturated carbocycles. The summed E-state index contributed by atoms with van der Waals surface area (Å²) in [7, 11) is 0. The van der Waals surface area contributed by atoms with E-state index in [1.807, 2.05) is 0 Å². The van der Waals surface area contributed by atoms with Gasteiger partial charge in [-0.1, -0.05) is 17.9 Å². The number of halogens is 1. The summed E-state index contributed by atoms with van der Waals surface area (Å²) in [5.41, 5.74) is 1.62. The van der Waals surface area contributed by atoms with Crippen molar-refractivity contribution >= 4 is 0 Å². The van der Waals surface area contributed by atoms with Crippen molar-refractivity contribution < 1.29 is 14.6 Å². The number of rotatable bonds is 3. The zero-order chi connectivity index (χ0) is 14.4. The molecule has 1 saturated heterocycles. The molecule has 1 aliphatic rings. The summed E-state index contributed by atoms with van der Waals surface area (Å²) in [5, 5.41) is 17.9. The van der Waals surface area contributed by atoms with Crippen LogP contribution in [0.3, 0.4) is 0 Å². The Morgan fingerprint density at radius 1 is 1.25 bits per heavy atom. The molecule has 0 aromatic heterocycles. The van der Waals surface area contributed by atoms with Crippen LogP contribution in [0.4, 0.5) is 4.39 Å². The van der Waals surface area contributed by atoms with Crippen molar-refractivity contribution in [1.29, 1.82) is 0 Å². The van der Waals surface area contributed by atoms with Gasteiger partial charge in [0.05, 0.1) is 0 Å². The van der Waals surface area contributed by atoms with Crippen LogP contribution in [0.15, 0.2) is 18.2 Å². The predicted octanol–water partition coefficient (Wildman–Crippen LogP) is 1.37. The average molecular weight is 277 g/mol. The van der Waals surface area contributed by atoms with Crippen molar-refractivity contribution in [3.05, 3.63) is 35.1 Å². The van der Waals surface area contributed by atoms with Crippen molar-refractivity contribution in [2.45, 2.75) is 19.4 Å². The summed E-state index contributed by atoms with van der Waals surface area (Å²) >= 11 is 0. The van der Waals surface area contributed by atoms with Gasteiger partial charge in [0, 0.05) is 18.7 Å². The third kappa shape index (κ3) is 4.04. The molecule has 1 aliphatic heterocycles. The topological polar surface area (TPSA) is 43.7 Å². The van der Waals surface area contributed by atoms with Crippen LogP contribution in [-0.4, -0.2) is 41.4 Å². The molecule has 2 rings (SSSR count). The second-order valence-electron chi connectivity index (χ2n) is 5.16. The van der Waals surface area contributed by atoms with E-state index in [0.717, 1.165) is 38.0 Å².